The second kappa shape index (κ2) is 7.77. The smallest absolute Gasteiger partial charge is 0.325 e. The maximum absolute atomic E-state index is 12.5. The molecule has 2 aliphatic rings. The third kappa shape index (κ3) is 3.95. The van der Waals surface area contributed by atoms with E-state index in [0.717, 1.165) is 19.3 Å². The number of pyridine rings is 1. The first-order chi connectivity index (χ1) is 13.2. The maximum atomic E-state index is 12.5. The molecule has 3 N–H and O–H groups in total. The molecule has 3 rings (SSSR count). The van der Waals surface area contributed by atoms with E-state index in [1.54, 1.807) is 18.3 Å². The topological polar surface area (TPSA) is 115 Å². The zero-order valence-electron chi connectivity index (χ0n) is 16.6. The first-order valence-electron chi connectivity index (χ1n) is 9.79. The number of hydrogen-bond acceptors (Lipinski definition) is 5. The minimum atomic E-state index is -0.570. The molecule has 0 bridgehead atoms. The van der Waals surface area contributed by atoms with Gasteiger partial charge in [-0.25, -0.2) is 9.78 Å². The Morgan fingerprint density at radius 2 is 2.18 bits per heavy atom. The van der Waals surface area contributed by atoms with Gasteiger partial charge in [-0.2, -0.15) is 0 Å². The summed E-state index contributed by atoms with van der Waals surface area (Å²) in [4.78, 5) is 41.7. The highest BCUT2D eigenvalue weighted by atomic mass is 16.5. The van der Waals surface area contributed by atoms with Gasteiger partial charge >= 0.3 is 6.03 Å². The number of carbonyl (C=O) groups is 3. The lowest BCUT2D eigenvalue weighted by molar-refractivity contribution is -0.129. The van der Waals surface area contributed by atoms with Crippen LogP contribution >= 0.6 is 0 Å². The number of aromatic nitrogens is 1. The maximum Gasteiger partial charge on any atom is 0.325 e. The molecule has 8 heteroatoms. The Morgan fingerprint density at radius 3 is 2.82 bits per heavy atom. The van der Waals surface area contributed by atoms with Crippen molar-refractivity contribution in [1.29, 1.82) is 0 Å². The van der Waals surface area contributed by atoms with Crippen LogP contribution in [0.3, 0.4) is 0 Å². The molecule has 0 radical (unpaired) electrons. The molecule has 152 valence electrons. The molecule has 0 aromatic carbocycles. The molecule has 1 aliphatic carbocycles. The average molecular weight is 388 g/mol. The molecule has 2 atom stereocenters. The van der Waals surface area contributed by atoms with Crippen molar-refractivity contribution in [3.63, 3.8) is 0 Å². The third-order valence-corrected chi connectivity index (χ3v) is 5.61. The SMILES string of the molecule is CCC[C@@H]1NC(=O)N([C@@H](C)C[C@]2(C)C[C@@H](Oc3ncccc3C(N)=O)C2)C1=O. The fourth-order valence-electron chi connectivity index (χ4n) is 4.37. The number of carbonyl (C=O) groups excluding carboxylic acids is 3. The summed E-state index contributed by atoms with van der Waals surface area (Å²) in [5.41, 5.74) is 5.59. The number of nitrogens with two attached hydrogens (primary N) is 1. The number of ether oxygens (including phenoxy) is 1. The van der Waals surface area contributed by atoms with Crippen molar-refractivity contribution in [3.8, 4) is 5.88 Å². The lowest BCUT2D eigenvalue weighted by Crippen LogP contribution is -2.48. The first kappa shape index (κ1) is 20.1. The number of nitrogens with zero attached hydrogens (tertiary/aromatic N) is 2. The summed E-state index contributed by atoms with van der Waals surface area (Å²) in [6.45, 7) is 6.03. The molecule has 2 heterocycles. The Morgan fingerprint density at radius 1 is 1.46 bits per heavy atom. The summed E-state index contributed by atoms with van der Waals surface area (Å²) in [7, 11) is 0. The van der Waals surface area contributed by atoms with Crippen LogP contribution in [-0.4, -0.2) is 45.9 Å². The van der Waals surface area contributed by atoms with E-state index < -0.39 is 11.9 Å². The van der Waals surface area contributed by atoms with E-state index in [-0.39, 0.29) is 40.9 Å². The van der Waals surface area contributed by atoms with Gasteiger partial charge in [-0.05, 0) is 50.2 Å². The van der Waals surface area contributed by atoms with Crippen LogP contribution in [0.5, 0.6) is 5.88 Å². The van der Waals surface area contributed by atoms with Crippen LogP contribution in [-0.2, 0) is 4.79 Å². The van der Waals surface area contributed by atoms with Crippen molar-refractivity contribution in [2.45, 2.75) is 71.1 Å². The molecule has 1 aromatic heterocycles. The number of rotatable bonds is 8. The molecule has 28 heavy (non-hydrogen) atoms. The predicted molar refractivity (Wildman–Crippen MR) is 103 cm³/mol. The van der Waals surface area contributed by atoms with Crippen LogP contribution in [0.15, 0.2) is 18.3 Å². The molecule has 0 spiro atoms. The summed E-state index contributed by atoms with van der Waals surface area (Å²) < 4.78 is 5.86. The number of urea groups is 1. The van der Waals surface area contributed by atoms with Gasteiger partial charge in [-0.3, -0.25) is 14.5 Å². The van der Waals surface area contributed by atoms with Gasteiger partial charge in [0.05, 0.1) is 0 Å². The van der Waals surface area contributed by atoms with Gasteiger partial charge in [0.25, 0.3) is 11.8 Å². The Balaban J connectivity index is 1.56. The minimum absolute atomic E-state index is 0.0465. The largest absolute Gasteiger partial charge is 0.474 e. The second-order valence-electron chi connectivity index (χ2n) is 8.23. The van der Waals surface area contributed by atoms with E-state index in [1.165, 1.54) is 4.90 Å². The van der Waals surface area contributed by atoms with Crippen molar-refractivity contribution >= 4 is 17.8 Å². The molecule has 0 unspecified atom stereocenters. The highest BCUT2D eigenvalue weighted by Gasteiger charge is 2.47. The van der Waals surface area contributed by atoms with E-state index in [2.05, 4.69) is 17.2 Å². The van der Waals surface area contributed by atoms with Crippen molar-refractivity contribution in [2.75, 3.05) is 0 Å². The Bertz CT molecular complexity index is 775. The van der Waals surface area contributed by atoms with Crippen molar-refractivity contribution in [3.05, 3.63) is 23.9 Å². The molecule has 2 fully saturated rings. The first-order valence-corrected chi connectivity index (χ1v) is 9.79. The standard InChI is InChI=1S/C20H28N4O4/c1-4-6-15-18(26)24(19(27)23-15)12(2)9-20(3)10-13(11-20)28-17-14(16(21)25)7-5-8-22-17/h5,7-8,12-13,15H,4,6,9-11H2,1-3H3,(H2,21,25)(H,23,27)/t12-,13-,15-,20-/m0/s1. The van der Waals surface area contributed by atoms with Crippen LogP contribution in [0.2, 0.25) is 0 Å². The van der Waals surface area contributed by atoms with Gasteiger partial charge in [-0.15, -0.1) is 0 Å². The van der Waals surface area contributed by atoms with Crippen LogP contribution in [0.25, 0.3) is 0 Å². The molecule has 4 amide bonds. The molecule has 8 nitrogen and oxygen atoms in total. The number of primary amides is 1. The number of nitrogens with one attached hydrogen (secondary N) is 1. The molecular weight excluding hydrogens is 360 g/mol. The Hall–Kier alpha value is -2.64. The van der Waals surface area contributed by atoms with E-state index >= 15 is 0 Å². The number of hydrogen-bond donors (Lipinski definition) is 2. The lowest BCUT2D eigenvalue weighted by Gasteiger charge is -2.46. The van der Waals surface area contributed by atoms with Gasteiger partial charge in [0.2, 0.25) is 5.88 Å². The molecular formula is C20H28N4O4. The van der Waals surface area contributed by atoms with Crippen molar-refractivity contribution in [2.24, 2.45) is 11.1 Å². The zero-order chi connectivity index (χ0) is 20.5. The van der Waals surface area contributed by atoms with Gasteiger partial charge in [0, 0.05) is 12.2 Å². The molecule has 1 aromatic rings. The molecule has 1 saturated carbocycles. The summed E-state index contributed by atoms with van der Waals surface area (Å²) in [5.74, 6) is -0.444. The van der Waals surface area contributed by atoms with Crippen LogP contribution < -0.4 is 15.8 Å². The van der Waals surface area contributed by atoms with E-state index in [0.29, 0.717) is 12.8 Å². The highest BCUT2D eigenvalue weighted by molar-refractivity contribution is 6.04. The summed E-state index contributed by atoms with van der Waals surface area (Å²) in [6, 6.07) is 2.35. The number of imide groups is 1. The fourth-order valence-corrected chi connectivity index (χ4v) is 4.37. The summed E-state index contributed by atoms with van der Waals surface area (Å²) >= 11 is 0. The van der Waals surface area contributed by atoms with Crippen LogP contribution in [0.4, 0.5) is 4.79 Å². The Kier molecular flexibility index (Phi) is 5.58. The quantitative estimate of drug-likeness (QED) is 0.663. The van der Waals surface area contributed by atoms with Crippen LogP contribution in [0, 0.1) is 5.41 Å². The van der Waals surface area contributed by atoms with Crippen molar-refractivity contribution < 1.29 is 19.1 Å². The van der Waals surface area contributed by atoms with Gasteiger partial charge in [0.1, 0.15) is 17.7 Å². The summed E-state index contributed by atoms with van der Waals surface area (Å²) in [5, 5.41) is 2.78. The van der Waals surface area contributed by atoms with E-state index in [9.17, 15) is 14.4 Å². The molecule has 1 saturated heterocycles. The van der Waals surface area contributed by atoms with Crippen molar-refractivity contribution in [1.82, 2.24) is 15.2 Å². The third-order valence-electron chi connectivity index (χ3n) is 5.61. The van der Waals surface area contributed by atoms with Gasteiger partial charge in [0.15, 0.2) is 0 Å². The average Bonchev–Trinajstić information content (AvgIpc) is 2.88. The Labute approximate surface area is 164 Å². The number of amides is 4. The molecule has 1 aliphatic heterocycles. The van der Waals surface area contributed by atoms with Gasteiger partial charge in [-0.1, -0.05) is 20.3 Å². The second-order valence-corrected chi connectivity index (χ2v) is 8.23. The van der Waals surface area contributed by atoms with E-state index in [4.69, 9.17) is 10.5 Å². The van der Waals surface area contributed by atoms with Gasteiger partial charge < -0.3 is 15.8 Å². The predicted octanol–water partition coefficient (Wildman–Crippen LogP) is 2.23. The lowest BCUT2D eigenvalue weighted by atomic mass is 9.65. The van der Waals surface area contributed by atoms with Crippen LogP contribution in [0.1, 0.15) is 63.2 Å². The fraction of sp³-hybridized carbons (Fsp3) is 0.600. The zero-order valence-corrected chi connectivity index (χ0v) is 16.6. The normalized spacial score (nSPS) is 27.9. The summed E-state index contributed by atoms with van der Waals surface area (Å²) in [6.07, 6.45) is 5.22. The minimum Gasteiger partial charge on any atom is -0.474 e. The monoisotopic (exact) mass is 388 g/mol. The highest BCUT2D eigenvalue weighted by Crippen LogP contribution is 2.47. The van der Waals surface area contributed by atoms with E-state index in [1.807, 2.05) is 13.8 Å².